The Kier molecular flexibility index (Phi) is 1.44. The summed E-state index contributed by atoms with van der Waals surface area (Å²) in [5.41, 5.74) is 1.73. The normalized spacial score (nSPS) is 20.2. The second kappa shape index (κ2) is 2.46. The first-order valence-electron chi connectivity index (χ1n) is 3.84. The van der Waals surface area contributed by atoms with Crippen molar-refractivity contribution in [2.75, 3.05) is 0 Å². The largest absolute Gasteiger partial charge is 0.293 e. The molecule has 2 heteroatoms. The van der Waals surface area contributed by atoms with Gasteiger partial charge in [-0.15, -0.1) is 0 Å². The van der Waals surface area contributed by atoms with Crippen LogP contribution < -0.4 is 0 Å². The maximum atomic E-state index is 11.4. The minimum atomic E-state index is -0.442. The van der Waals surface area contributed by atoms with E-state index in [0.29, 0.717) is 6.42 Å². The molecule has 0 fully saturated rings. The van der Waals surface area contributed by atoms with Crippen molar-refractivity contribution in [1.29, 1.82) is 5.26 Å². The van der Waals surface area contributed by atoms with Crippen molar-refractivity contribution in [3.8, 4) is 6.07 Å². The van der Waals surface area contributed by atoms with Crippen molar-refractivity contribution < 1.29 is 4.79 Å². The molecule has 0 amide bonds. The summed E-state index contributed by atoms with van der Waals surface area (Å²) in [5.74, 6) is -0.463. The highest BCUT2D eigenvalue weighted by Gasteiger charge is 2.29. The zero-order valence-electron chi connectivity index (χ0n) is 6.45. The van der Waals surface area contributed by atoms with Gasteiger partial charge in [0.15, 0.2) is 5.78 Å². The second-order valence-corrected chi connectivity index (χ2v) is 2.91. The van der Waals surface area contributed by atoms with Crippen molar-refractivity contribution in [3.63, 3.8) is 0 Å². The van der Waals surface area contributed by atoms with Crippen molar-refractivity contribution in [2.45, 2.75) is 6.42 Å². The number of carbonyl (C=O) groups excluding carboxylic acids is 1. The Labute approximate surface area is 70.4 Å². The van der Waals surface area contributed by atoms with Gasteiger partial charge in [-0.2, -0.15) is 5.26 Å². The lowest BCUT2D eigenvalue weighted by Crippen LogP contribution is -2.05. The summed E-state index contributed by atoms with van der Waals surface area (Å²) in [7, 11) is 0. The fourth-order valence-corrected chi connectivity index (χ4v) is 1.54. The summed E-state index contributed by atoms with van der Waals surface area (Å²) >= 11 is 0. The van der Waals surface area contributed by atoms with Crippen molar-refractivity contribution in [3.05, 3.63) is 35.4 Å². The van der Waals surface area contributed by atoms with Crippen LogP contribution in [0.1, 0.15) is 15.9 Å². The third-order valence-corrected chi connectivity index (χ3v) is 2.18. The van der Waals surface area contributed by atoms with Gasteiger partial charge in [-0.3, -0.25) is 4.79 Å². The van der Waals surface area contributed by atoms with Gasteiger partial charge in [0.25, 0.3) is 0 Å². The number of fused-ring (bicyclic) bond motifs is 1. The van der Waals surface area contributed by atoms with E-state index in [0.717, 1.165) is 11.1 Å². The van der Waals surface area contributed by atoms with Crippen LogP contribution in [0.25, 0.3) is 0 Å². The van der Waals surface area contributed by atoms with Crippen LogP contribution in [-0.2, 0) is 6.42 Å². The minimum Gasteiger partial charge on any atom is -0.293 e. The molecule has 0 heterocycles. The van der Waals surface area contributed by atoms with Gasteiger partial charge in [-0.05, 0) is 12.0 Å². The van der Waals surface area contributed by atoms with E-state index in [1.54, 1.807) is 6.07 Å². The first kappa shape index (κ1) is 7.05. The molecule has 1 atom stereocenters. The van der Waals surface area contributed by atoms with E-state index < -0.39 is 5.92 Å². The predicted octanol–water partition coefficient (Wildman–Crippen LogP) is 1.57. The molecular formula is C10H7NO. The Morgan fingerprint density at radius 1 is 1.42 bits per heavy atom. The number of nitriles is 1. The van der Waals surface area contributed by atoms with E-state index in [4.69, 9.17) is 5.26 Å². The molecule has 1 aliphatic rings. The molecule has 0 radical (unpaired) electrons. The lowest BCUT2D eigenvalue weighted by Gasteiger charge is -1.92. The van der Waals surface area contributed by atoms with Crippen molar-refractivity contribution >= 4 is 5.78 Å². The molecule has 0 aromatic heterocycles. The Morgan fingerprint density at radius 3 is 2.83 bits per heavy atom. The van der Waals surface area contributed by atoms with E-state index in [2.05, 4.69) is 0 Å². The molecule has 0 spiro atoms. The maximum absolute atomic E-state index is 11.4. The zero-order valence-corrected chi connectivity index (χ0v) is 6.45. The standard InChI is InChI=1S/C10H7NO/c11-6-8-5-7-3-1-2-4-9(7)10(8)12/h1-4,8H,5H2/t8-/m1/s1. The summed E-state index contributed by atoms with van der Waals surface area (Å²) in [6.45, 7) is 0. The summed E-state index contributed by atoms with van der Waals surface area (Å²) < 4.78 is 0. The molecule has 12 heavy (non-hydrogen) atoms. The second-order valence-electron chi connectivity index (χ2n) is 2.91. The van der Waals surface area contributed by atoms with Gasteiger partial charge in [-0.1, -0.05) is 24.3 Å². The van der Waals surface area contributed by atoms with E-state index in [-0.39, 0.29) is 5.78 Å². The number of benzene rings is 1. The third kappa shape index (κ3) is 0.835. The Hall–Kier alpha value is -1.62. The van der Waals surface area contributed by atoms with Gasteiger partial charge < -0.3 is 0 Å². The third-order valence-electron chi connectivity index (χ3n) is 2.18. The number of carbonyl (C=O) groups is 1. The molecule has 1 aliphatic carbocycles. The highest BCUT2D eigenvalue weighted by molar-refractivity contribution is 6.03. The lowest BCUT2D eigenvalue weighted by molar-refractivity contribution is 0.0963. The maximum Gasteiger partial charge on any atom is 0.180 e. The lowest BCUT2D eigenvalue weighted by atomic mass is 10.1. The Morgan fingerprint density at radius 2 is 2.17 bits per heavy atom. The van der Waals surface area contributed by atoms with Crippen LogP contribution in [0.5, 0.6) is 0 Å². The predicted molar refractivity (Wildman–Crippen MR) is 43.6 cm³/mol. The van der Waals surface area contributed by atoms with E-state index in [1.807, 2.05) is 24.3 Å². The van der Waals surface area contributed by atoms with Crippen LogP contribution in [0.2, 0.25) is 0 Å². The van der Waals surface area contributed by atoms with Gasteiger partial charge in [0.1, 0.15) is 5.92 Å². The first-order chi connectivity index (χ1) is 5.83. The molecule has 0 bridgehead atoms. The summed E-state index contributed by atoms with van der Waals surface area (Å²) in [4.78, 5) is 11.4. The van der Waals surface area contributed by atoms with Crippen LogP contribution in [0.4, 0.5) is 0 Å². The zero-order chi connectivity index (χ0) is 8.55. The molecule has 1 aromatic rings. The average molecular weight is 157 g/mol. The Balaban J connectivity index is 2.51. The molecule has 2 rings (SSSR count). The molecule has 2 nitrogen and oxygen atoms in total. The highest BCUT2D eigenvalue weighted by Crippen LogP contribution is 2.25. The van der Waals surface area contributed by atoms with Crippen LogP contribution in [0, 0.1) is 17.2 Å². The molecule has 0 N–H and O–H groups in total. The van der Waals surface area contributed by atoms with E-state index in [9.17, 15) is 4.79 Å². The molecule has 0 aliphatic heterocycles. The SMILES string of the molecule is N#C[C@H]1Cc2ccccc2C1=O. The first-order valence-corrected chi connectivity index (χ1v) is 3.84. The van der Waals surface area contributed by atoms with Gasteiger partial charge in [0, 0.05) is 5.56 Å². The fourth-order valence-electron chi connectivity index (χ4n) is 1.54. The summed E-state index contributed by atoms with van der Waals surface area (Å²) in [5, 5.41) is 8.64. The summed E-state index contributed by atoms with van der Waals surface area (Å²) in [6, 6.07) is 9.43. The van der Waals surface area contributed by atoms with Gasteiger partial charge in [0.2, 0.25) is 0 Å². The monoisotopic (exact) mass is 157 g/mol. The van der Waals surface area contributed by atoms with E-state index in [1.165, 1.54) is 0 Å². The fraction of sp³-hybridized carbons (Fsp3) is 0.200. The molecule has 0 unspecified atom stereocenters. The number of hydrogen-bond acceptors (Lipinski definition) is 2. The van der Waals surface area contributed by atoms with Gasteiger partial charge in [0.05, 0.1) is 6.07 Å². The van der Waals surface area contributed by atoms with Crippen LogP contribution in [-0.4, -0.2) is 5.78 Å². The molecule has 0 saturated heterocycles. The highest BCUT2D eigenvalue weighted by atomic mass is 16.1. The molecular weight excluding hydrogens is 150 g/mol. The van der Waals surface area contributed by atoms with Crippen LogP contribution in [0.15, 0.2) is 24.3 Å². The van der Waals surface area contributed by atoms with Crippen molar-refractivity contribution in [2.24, 2.45) is 5.92 Å². The van der Waals surface area contributed by atoms with Gasteiger partial charge >= 0.3 is 0 Å². The molecule has 0 saturated carbocycles. The van der Waals surface area contributed by atoms with Crippen molar-refractivity contribution in [1.82, 2.24) is 0 Å². The topological polar surface area (TPSA) is 40.9 Å². The Bertz CT molecular complexity index is 376. The van der Waals surface area contributed by atoms with Gasteiger partial charge in [-0.25, -0.2) is 0 Å². The minimum absolute atomic E-state index is 0.0203. The summed E-state index contributed by atoms with van der Waals surface area (Å²) in [6.07, 6.45) is 0.589. The number of hydrogen-bond donors (Lipinski definition) is 0. The number of Topliss-reactive ketones (excluding diaryl/α,β-unsaturated/α-hetero) is 1. The quantitative estimate of drug-likeness (QED) is 0.573. The molecule has 1 aromatic carbocycles. The van der Waals surface area contributed by atoms with Crippen LogP contribution in [0.3, 0.4) is 0 Å². The number of nitrogens with zero attached hydrogens (tertiary/aromatic N) is 1. The average Bonchev–Trinajstić information content (AvgIpc) is 2.44. The van der Waals surface area contributed by atoms with E-state index >= 15 is 0 Å². The molecule has 58 valence electrons. The van der Waals surface area contributed by atoms with Crippen LogP contribution >= 0.6 is 0 Å². The number of rotatable bonds is 0. The number of ketones is 1. The smallest absolute Gasteiger partial charge is 0.180 e.